The maximum atomic E-state index is 12.2. The van der Waals surface area contributed by atoms with E-state index in [2.05, 4.69) is 25.5 Å². The average Bonchev–Trinajstić information content (AvgIpc) is 3.49. The Bertz CT molecular complexity index is 1020. The first-order valence-corrected chi connectivity index (χ1v) is 10.6. The van der Waals surface area contributed by atoms with Gasteiger partial charge in [-0.3, -0.25) is 14.1 Å². The highest BCUT2D eigenvalue weighted by atomic mass is 16.5. The van der Waals surface area contributed by atoms with Gasteiger partial charge in [-0.15, -0.1) is 0 Å². The highest BCUT2D eigenvalue weighted by Crippen LogP contribution is 2.24. The summed E-state index contributed by atoms with van der Waals surface area (Å²) in [6.45, 7) is 5.31. The lowest BCUT2D eigenvalue weighted by atomic mass is 10.1. The molecule has 2 aliphatic rings. The molecule has 1 amide bonds. The van der Waals surface area contributed by atoms with Crippen molar-refractivity contribution >= 4 is 17.4 Å². The Morgan fingerprint density at radius 1 is 1.13 bits per heavy atom. The number of hydrogen-bond acceptors (Lipinski definition) is 6. The lowest BCUT2D eigenvalue weighted by Crippen LogP contribution is -2.39. The zero-order chi connectivity index (χ0) is 20.3. The maximum absolute atomic E-state index is 12.2. The Kier molecular flexibility index (Phi) is 5.33. The lowest BCUT2D eigenvalue weighted by molar-refractivity contribution is 0.0398. The smallest absolute Gasteiger partial charge is 0.251 e. The molecule has 8 heteroatoms. The van der Waals surface area contributed by atoms with Gasteiger partial charge in [-0.1, -0.05) is 12.1 Å². The molecule has 0 bridgehead atoms. The summed E-state index contributed by atoms with van der Waals surface area (Å²) in [6, 6.07) is 8.04. The van der Waals surface area contributed by atoms with Crippen LogP contribution >= 0.6 is 0 Å². The Morgan fingerprint density at radius 2 is 1.93 bits per heavy atom. The van der Waals surface area contributed by atoms with Gasteiger partial charge in [0.1, 0.15) is 0 Å². The van der Waals surface area contributed by atoms with E-state index in [-0.39, 0.29) is 5.91 Å². The number of amides is 1. The lowest BCUT2D eigenvalue weighted by Gasteiger charge is -2.26. The van der Waals surface area contributed by atoms with E-state index in [4.69, 9.17) is 4.74 Å². The second kappa shape index (κ2) is 8.41. The van der Waals surface area contributed by atoms with E-state index in [1.165, 1.54) is 0 Å². The molecule has 30 heavy (non-hydrogen) atoms. The number of morpholine rings is 1. The van der Waals surface area contributed by atoms with Crippen LogP contribution in [-0.4, -0.2) is 70.6 Å². The molecule has 1 aromatic carbocycles. The first-order chi connectivity index (χ1) is 14.8. The minimum Gasteiger partial charge on any atom is -0.379 e. The first kappa shape index (κ1) is 19.0. The normalized spacial score (nSPS) is 17.2. The average molecular weight is 406 g/mol. The number of imidazole rings is 1. The van der Waals surface area contributed by atoms with Crippen LogP contribution in [0.25, 0.3) is 16.9 Å². The number of ether oxygens (including phenoxy) is 1. The van der Waals surface area contributed by atoms with Crippen molar-refractivity contribution in [1.82, 2.24) is 24.6 Å². The minimum absolute atomic E-state index is 0.00172. The van der Waals surface area contributed by atoms with Crippen molar-refractivity contribution in [3.05, 3.63) is 48.4 Å². The third kappa shape index (κ3) is 4.15. The molecule has 156 valence electrons. The highest BCUT2D eigenvalue weighted by molar-refractivity contribution is 5.95. The van der Waals surface area contributed by atoms with Crippen LogP contribution < -0.4 is 10.6 Å². The molecule has 3 aromatic rings. The molecule has 1 saturated carbocycles. The van der Waals surface area contributed by atoms with Crippen LogP contribution in [0.3, 0.4) is 0 Å². The fraction of sp³-hybridized carbons (Fsp3) is 0.409. The molecule has 1 saturated heterocycles. The third-order valence-electron chi connectivity index (χ3n) is 5.61. The number of aromatic nitrogens is 3. The van der Waals surface area contributed by atoms with E-state index in [9.17, 15) is 4.79 Å². The van der Waals surface area contributed by atoms with Gasteiger partial charge < -0.3 is 15.4 Å². The third-order valence-corrected chi connectivity index (χ3v) is 5.61. The summed E-state index contributed by atoms with van der Waals surface area (Å²) in [4.78, 5) is 23.7. The molecule has 5 rings (SSSR count). The molecule has 2 N–H and O–H groups in total. The molecular weight excluding hydrogens is 380 g/mol. The second-order valence-corrected chi connectivity index (χ2v) is 7.82. The van der Waals surface area contributed by atoms with Crippen LogP contribution in [0.1, 0.15) is 23.2 Å². The second-order valence-electron chi connectivity index (χ2n) is 7.82. The standard InChI is InChI=1S/C22H26N6O2/c29-22(26-18-5-6-18)17-3-1-16(2-4-17)19-15-25-21-20(24-8-10-28(19)21)23-7-9-27-11-13-30-14-12-27/h1-4,8,10,15,18H,5-7,9,11-14H2,(H,23,24)(H,26,29). The molecule has 0 unspecified atom stereocenters. The molecular formula is C22H26N6O2. The summed E-state index contributed by atoms with van der Waals surface area (Å²) in [6.07, 6.45) is 7.72. The van der Waals surface area contributed by atoms with Gasteiger partial charge in [0.15, 0.2) is 11.5 Å². The van der Waals surface area contributed by atoms with E-state index < -0.39 is 0 Å². The van der Waals surface area contributed by atoms with Crippen molar-refractivity contribution in [1.29, 1.82) is 0 Å². The molecule has 2 aromatic heterocycles. The van der Waals surface area contributed by atoms with Crippen LogP contribution in [0.4, 0.5) is 5.82 Å². The van der Waals surface area contributed by atoms with Gasteiger partial charge in [0.2, 0.25) is 0 Å². The summed E-state index contributed by atoms with van der Waals surface area (Å²) in [5.41, 5.74) is 3.46. The molecule has 3 heterocycles. The van der Waals surface area contributed by atoms with Crippen LogP contribution in [-0.2, 0) is 4.74 Å². The number of nitrogens with zero attached hydrogens (tertiary/aromatic N) is 4. The van der Waals surface area contributed by atoms with Gasteiger partial charge in [0.25, 0.3) is 5.91 Å². The number of rotatable bonds is 7. The van der Waals surface area contributed by atoms with E-state index in [0.29, 0.717) is 11.6 Å². The van der Waals surface area contributed by atoms with Crippen molar-refractivity contribution < 1.29 is 9.53 Å². The molecule has 0 spiro atoms. The van der Waals surface area contributed by atoms with Gasteiger partial charge in [-0.2, -0.15) is 0 Å². The number of anilines is 1. The number of hydrogen-bond donors (Lipinski definition) is 2. The van der Waals surface area contributed by atoms with Crippen LogP contribution in [0.5, 0.6) is 0 Å². The minimum atomic E-state index is -0.00172. The molecule has 0 atom stereocenters. The fourth-order valence-corrected chi connectivity index (χ4v) is 3.70. The Morgan fingerprint density at radius 3 is 2.70 bits per heavy atom. The molecule has 2 fully saturated rings. The van der Waals surface area contributed by atoms with Crippen molar-refractivity contribution in [3.8, 4) is 11.3 Å². The zero-order valence-corrected chi connectivity index (χ0v) is 16.9. The SMILES string of the molecule is O=C(NC1CC1)c1ccc(-c2cnc3c(NCCN4CCOCC4)nccn23)cc1. The van der Waals surface area contributed by atoms with Crippen LogP contribution in [0.2, 0.25) is 0 Å². The fourth-order valence-electron chi connectivity index (χ4n) is 3.70. The quantitative estimate of drug-likeness (QED) is 0.625. The summed E-state index contributed by atoms with van der Waals surface area (Å²) in [5, 5.41) is 6.44. The number of carbonyl (C=O) groups excluding carboxylic acids is 1. The highest BCUT2D eigenvalue weighted by Gasteiger charge is 2.23. The van der Waals surface area contributed by atoms with Crippen molar-refractivity contribution in [2.24, 2.45) is 0 Å². The monoisotopic (exact) mass is 406 g/mol. The zero-order valence-electron chi connectivity index (χ0n) is 16.9. The topological polar surface area (TPSA) is 83.8 Å². The number of nitrogens with one attached hydrogen (secondary N) is 2. The van der Waals surface area contributed by atoms with Gasteiger partial charge in [-0.05, 0) is 25.0 Å². The summed E-state index contributed by atoms with van der Waals surface area (Å²) < 4.78 is 7.43. The predicted octanol–water partition coefficient (Wildman–Crippen LogP) is 2.03. The predicted molar refractivity (Wildman–Crippen MR) is 115 cm³/mol. The Hall–Kier alpha value is -2.97. The van der Waals surface area contributed by atoms with E-state index in [1.807, 2.05) is 41.1 Å². The largest absolute Gasteiger partial charge is 0.379 e. The number of benzene rings is 1. The molecule has 1 aliphatic carbocycles. The number of fused-ring (bicyclic) bond motifs is 1. The summed E-state index contributed by atoms with van der Waals surface area (Å²) in [5.74, 6) is 0.774. The summed E-state index contributed by atoms with van der Waals surface area (Å²) >= 11 is 0. The van der Waals surface area contributed by atoms with Crippen LogP contribution in [0, 0.1) is 0 Å². The molecule has 0 radical (unpaired) electrons. The molecule has 8 nitrogen and oxygen atoms in total. The summed E-state index contributed by atoms with van der Waals surface area (Å²) in [7, 11) is 0. The van der Waals surface area contributed by atoms with Crippen molar-refractivity contribution in [3.63, 3.8) is 0 Å². The maximum Gasteiger partial charge on any atom is 0.251 e. The Labute approximate surface area is 175 Å². The van der Waals surface area contributed by atoms with Gasteiger partial charge in [0, 0.05) is 55.7 Å². The van der Waals surface area contributed by atoms with E-state index >= 15 is 0 Å². The van der Waals surface area contributed by atoms with Gasteiger partial charge in [-0.25, -0.2) is 9.97 Å². The number of carbonyl (C=O) groups is 1. The van der Waals surface area contributed by atoms with Gasteiger partial charge >= 0.3 is 0 Å². The van der Waals surface area contributed by atoms with Crippen molar-refractivity contribution in [2.75, 3.05) is 44.7 Å². The van der Waals surface area contributed by atoms with E-state index in [1.54, 1.807) is 6.20 Å². The van der Waals surface area contributed by atoms with Crippen LogP contribution in [0.15, 0.2) is 42.9 Å². The van der Waals surface area contributed by atoms with Crippen molar-refractivity contribution in [2.45, 2.75) is 18.9 Å². The molecule has 1 aliphatic heterocycles. The Balaban J connectivity index is 1.29. The van der Waals surface area contributed by atoms with E-state index in [0.717, 1.165) is 75.0 Å². The van der Waals surface area contributed by atoms with Gasteiger partial charge in [0.05, 0.1) is 25.1 Å². The first-order valence-electron chi connectivity index (χ1n) is 10.6.